The van der Waals surface area contributed by atoms with E-state index in [1.165, 1.54) is 13.0 Å². The van der Waals surface area contributed by atoms with Gasteiger partial charge in [0.1, 0.15) is 16.9 Å². The van der Waals surface area contributed by atoms with Gasteiger partial charge >= 0.3 is 0 Å². The SMILES string of the molecule is CC[N+]1(C)CCCC1Oc1ccc2c(c1)oc1cc(Br)ccc12. The van der Waals surface area contributed by atoms with E-state index in [0.717, 1.165) is 49.6 Å². The number of quaternary nitrogens is 1. The Morgan fingerprint density at radius 2 is 1.91 bits per heavy atom. The zero-order valence-corrected chi connectivity index (χ0v) is 15.1. The number of halogens is 1. The summed E-state index contributed by atoms with van der Waals surface area (Å²) in [6.07, 6.45) is 2.60. The molecule has 1 aliphatic heterocycles. The van der Waals surface area contributed by atoms with Gasteiger partial charge in [0.25, 0.3) is 0 Å². The van der Waals surface area contributed by atoms with Gasteiger partial charge < -0.3 is 9.15 Å². The van der Waals surface area contributed by atoms with E-state index in [4.69, 9.17) is 9.15 Å². The van der Waals surface area contributed by atoms with E-state index >= 15 is 0 Å². The van der Waals surface area contributed by atoms with Gasteiger partial charge in [0, 0.05) is 34.2 Å². The third-order valence-corrected chi connectivity index (χ3v) is 5.71. The van der Waals surface area contributed by atoms with E-state index in [1.807, 2.05) is 18.2 Å². The molecule has 1 aliphatic rings. The van der Waals surface area contributed by atoms with Gasteiger partial charge in [-0.25, -0.2) is 0 Å². The van der Waals surface area contributed by atoms with Gasteiger partial charge in [0.2, 0.25) is 6.23 Å². The van der Waals surface area contributed by atoms with Crippen molar-refractivity contribution in [1.82, 2.24) is 0 Å². The quantitative estimate of drug-likeness (QED) is 0.579. The molecule has 2 atom stereocenters. The Morgan fingerprint density at radius 1 is 1.17 bits per heavy atom. The Balaban J connectivity index is 1.70. The van der Waals surface area contributed by atoms with Crippen LogP contribution in [0.2, 0.25) is 0 Å². The third kappa shape index (κ3) is 2.54. The van der Waals surface area contributed by atoms with Crippen molar-refractivity contribution in [3.05, 3.63) is 40.9 Å². The molecule has 1 fully saturated rings. The van der Waals surface area contributed by atoms with E-state index in [2.05, 4.69) is 48.1 Å². The number of benzene rings is 2. The van der Waals surface area contributed by atoms with Crippen molar-refractivity contribution >= 4 is 37.9 Å². The van der Waals surface area contributed by atoms with Crippen LogP contribution in [0.15, 0.2) is 45.3 Å². The van der Waals surface area contributed by atoms with Gasteiger partial charge in [-0.2, -0.15) is 0 Å². The maximum absolute atomic E-state index is 6.31. The van der Waals surface area contributed by atoms with E-state index in [-0.39, 0.29) is 6.23 Å². The number of hydrogen-bond acceptors (Lipinski definition) is 2. The first-order valence-electron chi connectivity index (χ1n) is 8.22. The minimum Gasteiger partial charge on any atom is -0.456 e. The Kier molecular flexibility index (Phi) is 3.62. The summed E-state index contributed by atoms with van der Waals surface area (Å²) in [6.45, 7) is 4.54. The predicted molar refractivity (Wildman–Crippen MR) is 96.7 cm³/mol. The monoisotopic (exact) mass is 374 g/mol. The number of rotatable bonds is 3. The highest BCUT2D eigenvalue weighted by atomic mass is 79.9. The smallest absolute Gasteiger partial charge is 0.233 e. The van der Waals surface area contributed by atoms with E-state index < -0.39 is 0 Å². The summed E-state index contributed by atoms with van der Waals surface area (Å²) >= 11 is 3.50. The summed E-state index contributed by atoms with van der Waals surface area (Å²) < 4.78 is 14.3. The molecule has 0 aliphatic carbocycles. The first kappa shape index (κ1) is 15.0. The molecular weight excluding hydrogens is 354 g/mol. The third-order valence-electron chi connectivity index (χ3n) is 5.22. The second kappa shape index (κ2) is 5.53. The van der Waals surface area contributed by atoms with Gasteiger partial charge in [-0.15, -0.1) is 0 Å². The molecular formula is C19H21BrNO2+. The van der Waals surface area contributed by atoms with Crippen LogP contribution in [-0.4, -0.2) is 30.8 Å². The Hall–Kier alpha value is -1.52. The first-order valence-corrected chi connectivity index (χ1v) is 9.01. The molecule has 120 valence electrons. The molecule has 0 spiro atoms. The Labute approximate surface area is 144 Å². The van der Waals surface area contributed by atoms with Gasteiger partial charge in [-0.3, -0.25) is 4.48 Å². The van der Waals surface area contributed by atoms with Gasteiger partial charge in [0.15, 0.2) is 0 Å². The normalized spacial score (nSPS) is 24.6. The highest BCUT2D eigenvalue weighted by Crippen LogP contribution is 2.34. The van der Waals surface area contributed by atoms with E-state index in [1.54, 1.807) is 0 Å². The van der Waals surface area contributed by atoms with Crippen molar-refractivity contribution in [2.24, 2.45) is 0 Å². The van der Waals surface area contributed by atoms with Crippen LogP contribution in [0.25, 0.3) is 21.9 Å². The average molecular weight is 375 g/mol. The largest absolute Gasteiger partial charge is 0.456 e. The molecule has 2 aromatic carbocycles. The van der Waals surface area contributed by atoms with Crippen LogP contribution in [0.5, 0.6) is 5.75 Å². The standard InChI is InChI=1S/C19H21BrNO2/c1-3-21(2)10-4-5-19(21)22-14-7-9-16-15-8-6-13(20)11-17(15)23-18(16)12-14/h6-9,11-12,19H,3-5,10H2,1-2H3/q+1. The zero-order valence-electron chi connectivity index (χ0n) is 13.5. The van der Waals surface area contributed by atoms with Crippen molar-refractivity contribution in [1.29, 1.82) is 0 Å². The number of hydrogen-bond donors (Lipinski definition) is 0. The Morgan fingerprint density at radius 3 is 2.70 bits per heavy atom. The molecule has 1 saturated heterocycles. The number of likely N-dealkylation sites (tertiary alicyclic amines) is 1. The molecule has 4 rings (SSSR count). The second-order valence-electron chi connectivity index (χ2n) is 6.63. The number of furan rings is 1. The van der Waals surface area contributed by atoms with Gasteiger partial charge in [-0.05, 0) is 37.3 Å². The van der Waals surface area contributed by atoms with Crippen molar-refractivity contribution in [3.63, 3.8) is 0 Å². The number of fused-ring (bicyclic) bond motifs is 3. The summed E-state index contributed by atoms with van der Waals surface area (Å²) in [5.41, 5.74) is 1.79. The lowest BCUT2D eigenvalue weighted by Gasteiger charge is -2.34. The highest BCUT2D eigenvalue weighted by molar-refractivity contribution is 9.10. The van der Waals surface area contributed by atoms with E-state index in [0.29, 0.717) is 0 Å². The Bertz CT molecular complexity index is 872. The summed E-state index contributed by atoms with van der Waals surface area (Å²) in [4.78, 5) is 0. The molecule has 0 saturated carbocycles. The molecule has 23 heavy (non-hydrogen) atoms. The summed E-state index contributed by atoms with van der Waals surface area (Å²) in [5, 5.41) is 2.28. The van der Waals surface area contributed by atoms with Crippen LogP contribution < -0.4 is 4.74 Å². The maximum Gasteiger partial charge on any atom is 0.233 e. The topological polar surface area (TPSA) is 22.4 Å². The van der Waals surface area contributed by atoms with Crippen molar-refractivity contribution in [2.75, 3.05) is 20.1 Å². The van der Waals surface area contributed by atoms with Crippen LogP contribution in [0.3, 0.4) is 0 Å². The molecule has 2 unspecified atom stereocenters. The van der Waals surface area contributed by atoms with Crippen LogP contribution in [0, 0.1) is 0 Å². The lowest BCUT2D eigenvalue weighted by atomic mass is 10.1. The maximum atomic E-state index is 6.31. The molecule has 0 bridgehead atoms. The molecule has 3 nitrogen and oxygen atoms in total. The number of nitrogens with zero attached hydrogens (tertiary/aromatic N) is 1. The minimum absolute atomic E-state index is 0.246. The lowest BCUT2D eigenvalue weighted by molar-refractivity contribution is -0.936. The fourth-order valence-corrected chi connectivity index (χ4v) is 3.93. The van der Waals surface area contributed by atoms with Crippen LogP contribution >= 0.6 is 15.9 Å². The molecule has 0 N–H and O–H groups in total. The van der Waals surface area contributed by atoms with Crippen LogP contribution in [-0.2, 0) is 0 Å². The molecule has 0 radical (unpaired) electrons. The molecule has 4 heteroatoms. The van der Waals surface area contributed by atoms with Crippen LogP contribution in [0.1, 0.15) is 19.8 Å². The van der Waals surface area contributed by atoms with Crippen molar-refractivity contribution in [3.8, 4) is 5.75 Å². The molecule has 0 amide bonds. The molecule has 2 heterocycles. The van der Waals surface area contributed by atoms with Crippen molar-refractivity contribution < 1.29 is 13.6 Å². The summed E-state index contributed by atoms with van der Waals surface area (Å²) in [7, 11) is 2.29. The minimum atomic E-state index is 0.246. The van der Waals surface area contributed by atoms with Gasteiger partial charge in [0.05, 0.1) is 20.1 Å². The molecule has 1 aromatic heterocycles. The summed E-state index contributed by atoms with van der Waals surface area (Å²) in [5.74, 6) is 0.903. The highest BCUT2D eigenvalue weighted by Gasteiger charge is 2.38. The van der Waals surface area contributed by atoms with Gasteiger partial charge in [-0.1, -0.05) is 15.9 Å². The zero-order chi connectivity index (χ0) is 16.0. The fraction of sp³-hybridized carbons (Fsp3) is 0.368. The average Bonchev–Trinajstić information content (AvgIpc) is 3.07. The second-order valence-corrected chi connectivity index (χ2v) is 7.55. The molecule has 3 aromatic rings. The first-order chi connectivity index (χ1) is 11.1. The van der Waals surface area contributed by atoms with Crippen LogP contribution in [0.4, 0.5) is 0 Å². The lowest BCUT2D eigenvalue weighted by Crippen LogP contribution is -2.50. The summed E-state index contributed by atoms with van der Waals surface area (Å²) in [6, 6.07) is 12.4. The fourth-order valence-electron chi connectivity index (χ4n) is 3.59. The van der Waals surface area contributed by atoms with E-state index in [9.17, 15) is 0 Å². The predicted octanol–water partition coefficient (Wildman–Crippen LogP) is 5.31. The van der Waals surface area contributed by atoms with Crippen molar-refractivity contribution in [2.45, 2.75) is 26.0 Å². The number of ether oxygens (including phenoxy) is 1.